The van der Waals surface area contributed by atoms with Crippen molar-refractivity contribution in [1.82, 2.24) is 0 Å². The molecule has 0 fully saturated rings. The van der Waals surface area contributed by atoms with Crippen molar-refractivity contribution in [1.29, 1.82) is 0 Å². The standard InChI is InChI=1S/C15H9F7/c16-13(17,10-4-2-1-3-5-10)14(18,19)11-6-8-12(9-7-11)15(20,21)22/h1-9H. The topological polar surface area (TPSA) is 0 Å². The first-order chi connectivity index (χ1) is 10.1. The highest BCUT2D eigenvalue weighted by molar-refractivity contribution is 5.32. The van der Waals surface area contributed by atoms with Gasteiger partial charge in [-0.2, -0.15) is 30.7 Å². The molecule has 0 aromatic heterocycles. The van der Waals surface area contributed by atoms with Crippen LogP contribution in [0.25, 0.3) is 0 Å². The van der Waals surface area contributed by atoms with Crippen LogP contribution in [0.5, 0.6) is 0 Å². The zero-order valence-corrected chi connectivity index (χ0v) is 10.8. The van der Waals surface area contributed by atoms with Crippen molar-refractivity contribution in [3.63, 3.8) is 0 Å². The van der Waals surface area contributed by atoms with E-state index in [1.54, 1.807) is 0 Å². The van der Waals surface area contributed by atoms with E-state index in [1.165, 1.54) is 18.2 Å². The van der Waals surface area contributed by atoms with Gasteiger partial charge in [-0.05, 0) is 12.1 Å². The lowest BCUT2D eigenvalue weighted by Crippen LogP contribution is -2.35. The lowest BCUT2D eigenvalue weighted by molar-refractivity contribution is -0.223. The number of benzene rings is 2. The summed E-state index contributed by atoms with van der Waals surface area (Å²) in [7, 11) is 0. The van der Waals surface area contributed by atoms with Crippen LogP contribution in [-0.2, 0) is 18.0 Å². The monoisotopic (exact) mass is 322 g/mol. The van der Waals surface area contributed by atoms with E-state index in [0.29, 0.717) is 24.3 Å². The molecule has 0 bridgehead atoms. The molecule has 0 heterocycles. The fourth-order valence-electron chi connectivity index (χ4n) is 1.88. The molecule has 0 aliphatic heterocycles. The molecule has 2 rings (SSSR count). The van der Waals surface area contributed by atoms with Gasteiger partial charge in [-0.15, -0.1) is 0 Å². The second-order valence-electron chi connectivity index (χ2n) is 4.59. The summed E-state index contributed by atoms with van der Waals surface area (Å²) in [4.78, 5) is 0. The summed E-state index contributed by atoms with van der Waals surface area (Å²) < 4.78 is 93.1. The molecule has 2 aromatic rings. The average molecular weight is 322 g/mol. The molecule has 118 valence electrons. The maximum Gasteiger partial charge on any atom is 0.416 e. The van der Waals surface area contributed by atoms with Gasteiger partial charge in [0.2, 0.25) is 0 Å². The molecule has 0 atom stereocenters. The Morgan fingerprint density at radius 2 is 0.818 bits per heavy atom. The van der Waals surface area contributed by atoms with Crippen LogP contribution >= 0.6 is 0 Å². The molecule has 0 N–H and O–H groups in total. The quantitative estimate of drug-likeness (QED) is 0.646. The molecule has 0 saturated carbocycles. The van der Waals surface area contributed by atoms with Crippen molar-refractivity contribution in [2.75, 3.05) is 0 Å². The third kappa shape index (κ3) is 2.80. The van der Waals surface area contributed by atoms with Crippen LogP contribution in [0.3, 0.4) is 0 Å². The van der Waals surface area contributed by atoms with Crippen molar-refractivity contribution >= 4 is 0 Å². The fourth-order valence-corrected chi connectivity index (χ4v) is 1.88. The van der Waals surface area contributed by atoms with Crippen molar-refractivity contribution < 1.29 is 30.7 Å². The molecular formula is C15H9F7. The molecule has 22 heavy (non-hydrogen) atoms. The van der Waals surface area contributed by atoms with Crippen LogP contribution in [0, 0.1) is 0 Å². The smallest absolute Gasteiger partial charge is 0.194 e. The number of hydrogen-bond acceptors (Lipinski definition) is 0. The van der Waals surface area contributed by atoms with Crippen LogP contribution in [0.4, 0.5) is 30.7 Å². The summed E-state index contributed by atoms with van der Waals surface area (Å²) in [5.41, 5.74) is -3.29. The van der Waals surface area contributed by atoms with Gasteiger partial charge in [-0.1, -0.05) is 42.5 Å². The normalized spacial score (nSPS) is 13.2. The second-order valence-corrected chi connectivity index (χ2v) is 4.59. The van der Waals surface area contributed by atoms with E-state index >= 15 is 0 Å². The molecule has 0 saturated heterocycles. The first-order valence-corrected chi connectivity index (χ1v) is 6.05. The molecule has 0 unspecified atom stereocenters. The van der Waals surface area contributed by atoms with E-state index < -0.39 is 34.7 Å². The third-order valence-electron chi connectivity index (χ3n) is 3.11. The van der Waals surface area contributed by atoms with Gasteiger partial charge >= 0.3 is 18.0 Å². The van der Waals surface area contributed by atoms with Crippen molar-refractivity contribution in [3.05, 3.63) is 71.3 Å². The van der Waals surface area contributed by atoms with Gasteiger partial charge in [0.25, 0.3) is 0 Å². The summed E-state index contributed by atoms with van der Waals surface area (Å²) in [6.07, 6.45) is -4.73. The zero-order valence-electron chi connectivity index (χ0n) is 10.8. The Kier molecular flexibility index (Phi) is 3.93. The van der Waals surface area contributed by atoms with E-state index in [4.69, 9.17) is 0 Å². The Morgan fingerprint density at radius 3 is 1.23 bits per heavy atom. The Hall–Kier alpha value is -2.05. The summed E-state index contributed by atoms with van der Waals surface area (Å²) in [6, 6.07) is 6.82. The van der Waals surface area contributed by atoms with Crippen molar-refractivity contribution in [2.45, 2.75) is 18.0 Å². The molecule has 0 spiro atoms. The molecule has 0 nitrogen and oxygen atoms in total. The average Bonchev–Trinajstić information content (AvgIpc) is 2.47. The Labute approximate surface area is 121 Å². The SMILES string of the molecule is FC(F)(F)c1ccc(C(F)(F)C(F)(F)c2ccccc2)cc1. The molecule has 0 radical (unpaired) electrons. The van der Waals surface area contributed by atoms with Gasteiger partial charge in [0, 0.05) is 11.1 Å². The highest BCUT2D eigenvalue weighted by Gasteiger charge is 2.58. The lowest BCUT2D eigenvalue weighted by Gasteiger charge is -2.27. The minimum absolute atomic E-state index is 0.352. The zero-order chi connectivity index (χ0) is 16.6. The highest BCUT2D eigenvalue weighted by Crippen LogP contribution is 2.49. The highest BCUT2D eigenvalue weighted by atomic mass is 19.4. The largest absolute Gasteiger partial charge is 0.416 e. The summed E-state index contributed by atoms with van der Waals surface area (Å²) >= 11 is 0. The van der Waals surface area contributed by atoms with E-state index in [0.717, 1.165) is 12.1 Å². The number of hydrogen-bond donors (Lipinski definition) is 0. The summed E-state index contributed by atoms with van der Waals surface area (Å²) in [5, 5.41) is 0. The van der Waals surface area contributed by atoms with Crippen molar-refractivity contribution in [2.24, 2.45) is 0 Å². The van der Waals surface area contributed by atoms with E-state index in [1.807, 2.05) is 0 Å². The van der Waals surface area contributed by atoms with Gasteiger partial charge < -0.3 is 0 Å². The number of rotatable bonds is 3. The predicted octanol–water partition coefficient (Wildman–Crippen LogP) is 5.59. The maximum atomic E-state index is 14.0. The summed E-state index contributed by atoms with van der Waals surface area (Å²) in [6.45, 7) is 0. The minimum atomic E-state index is -4.73. The molecule has 7 heteroatoms. The van der Waals surface area contributed by atoms with Gasteiger partial charge in [-0.3, -0.25) is 0 Å². The van der Waals surface area contributed by atoms with Gasteiger partial charge in [0.15, 0.2) is 0 Å². The lowest BCUT2D eigenvalue weighted by atomic mass is 9.95. The van der Waals surface area contributed by atoms with Gasteiger partial charge in [0.05, 0.1) is 5.56 Å². The molecule has 0 aliphatic carbocycles. The Morgan fingerprint density at radius 1 is 0.455 bits per heavy atom. The second kappa shape index (κ2) is 5.30. The van der Waals surface area contributed by atoms with Crippen LogP contribution in [0.15, 0.2) is 54.6 Å². The van der Waals surface area contributed by atoms with E-state index in [-0.39, 0.29) is 0 Å². The molecular weight excluding hydrogens is 313 g/mol. The van der Waals surface area contributed by atoms with Gasteiger partial charge in [0.1, 0.15) is 0 Å². The van der Waals surface area contributed by atoms with E-state index in [2.05, 4.69) is 0 Å². The first kappa shape index (κ1) is 16.3. The number of alkyl halides is 7. The van der Waals surface area contributed by atoms with Crippen LogP contribution in [-0.4, -0.2) is 0 Å². The van der Waals surface area contributed by atoms with Crippen molar-refractivity contribution in [3.8, 4) is 0 Å². The maximum absolute atomic E-state index is 14.0. The number of halogens is 7. The van der Waals surface area contributed by atoms with Crippen LogP contribution in [0.2, 0.25) is 0 Å². The third-order valence-corrected chi connectivity index (χ3v) is 3.11. The molecule has 2 aromatic carbocycles. The predicted molar refractivity (Wildman–Crippen MR) is 65.7 cm³/mol. The molecule has 0 amide bonds. The minimum Gasteiger partial charge on any atom is -0.194 e. The fraction of sp³-hybridized carbons (Fsp3) is 0.200. The Balaban J connectivity index is 2.41. The van der Waals surface area contributed by atoms with Crippen LogP contribution < -0.4 is 0 Å². The van der Waals surface area contributed by atoms with E-state index in [9.17, 15) is 30.7 Å². The van der Waals surface area contributed by atoms with Crippen LogP contribution in [0.1, 0.15) is 16.7 Å². The van der Waals surface area contributed by atoms with Gasteiger partial charge in [-0.25, -0.2) is 0 Å². The summed E-state index contributed by atoms with van der Waals surface area (Å²) in [5.74, 6) is -9.19. The first-order valence-electron chi connectivity index (χ1n) is 6.05. The Bertz CT molecular complexity index is 627. The molecule has 0 aliphatic rings.